The second-order valence-corrected chi connectivity index (χ2v) is 5.67. The topological polar surface area (TPSA) is 33.6 Å². The maximum absolute atomic E-state index is 5.54. The third kappa shape index (κ3) is 5.27. The monoisotopic (exact) mass is 314 g/mol. The molecule has 0 aromatic heterocycles. The zero-order valence-electron chi connectivity index (χ0n) is 15.4. The zero-order chi connectivity index (χ0) is 17.4. The highest BCUT2D eigenvalue weighted by atomic mass is 16.5. The van der Waals surface area contributed by atoms with Crippen LogP contribution in [0.2, 0.25) is 0 Å². The molecule has 1 aromatic rings. The molecule has 0 saturated carbocycles. The number of rotatable bonds is 8. The number of methoxy groups -OCH3 is 1. The van der Waals surface area contributed by atoms with Crippen molar-refractivity contribution in [2.75, 3.05) is 12.4 Å². The molecule has 0 fully saturated rings. The lowest BCUT2D eigenvalue weighted by atomic mass is 9.99. The number of anilines is 1. The Morgan fingerprint density at radius 2 is 1.96 bits per heavy atom. The van der Waals surface area contributed by atoms with Crippen molar-refractivity contribution in [1.29, 1.82) is 0 Å². The minimum atomic E-state index is 0.618. The number of ether oxygens (including phenoxy) is 1. The van der Waals surface area contributed by atoms with Crippen LogP contribution in [0.15, 0.2) is 41.2 Å². The van der Waals surface area contributed by atoms with Gasteiger partial charge < -0.3 is 10.1 Å². The second-order valence-electron chi connectivity index (χ2n) is 5.67. The van der Waals surface area contributed by atoms with Crippen LogP contribution in [-0.4, -0.2) is 12.8 Å². The summed E-state index contributed by atoms with van der Waals surface area (Å²) in [5.41, 5.74) is 5.72. The molecular weight excluding hydrogens is 284 g/mol. The molecule has 0 saturated heterocycles. The van der Waals surface area contributed by atoms with Gasteiger partial charge in [-0.25, -0.2) is 4.99 Å². The Labute approximate surface area is 141 Å². The summed E-state index contributed by atoms with van der Waals surface area (Å²) in [6.07, 6.45) is 5.24. The molecule has 1 N–H and O–H groups in total. The van der Waals surface area contributed by atoms with Crippen LogP contribution in [0, 0.1) is 0 Å². The smallest absolute Gasteiger partial charge is 0.142 e. The highest BCUT2D eigenvalue weighted by molar-refractivity contribution is 5.98. The highest BCUT2D eigenvalue weighted by Gasteiger charge is 2.10. The molecule has 23 heavy (non-hydrogen) atoms. The fourth-order valence-electron chi connectivity index (χ4n) is 2.45. The van der Waals surface area contributed by atoms with Crippen LogP contribution >= 0.6 is 0 Å². The normalized spacial score (nSPS) is 12.3. The van der Waals surface area contributed by atoms with Gasteiger partial charge in [-0.15, -0.1) is 0 Å². The Morgan fingerprint density at radius 3 is 2.48 bits per heavy atom. The first-order valence-corrected chi connectivity index (χ1v) is 8.31. The number of nitrogens with one attached hydrogen (secondary N) is 1. The van der Waals surface area contributed by atoms with Crippen LogP contribution in [0.4, 0.5) is 5.69 Å². The average molecular weight is 314 g/mol. The molecule has 3 heteroatoms. The van der Waals surface area contributed by atoms with Gasteiger partial charge in [-0.2, -0.15) is 0 Å². The van der Waals surface area contributed by atoms with Gasteiger partial charge in [-0.1, -0.05) is 32.9 Å². The largest absolute Gasteiger partial charge is 0.495 e. The van der Waals surface area contributed by atoms with E-state index in [1.807, 2.05) is 26.8 Å². The molecule has 0 bridgehead atoms. The van der Waals surface area contributed by atoms with Crippen molar-refractivity contribution in [3.05, 3.63) is 47.3 Å². The summed E-state index contributed by atoms with van der Waals surface area (Å²) in [7, 11) is 1.70. The van der Waals surface area contributed by atoms with Gasteiger partial charge in [0.05, 0.1) is 12.8 Å². The van der Waals surface area contributed by atoms with Gasteiger partial charge in [0.2, 0.25) is 0 Å². The highest BCUT2D eigenvalue weighted by Crippen LogP contribution is 2.30. The Hall–Kier alpha value is -2.03. The van der Waals surface area contributed by atoms with Gasteiger partial charge >= 0.3 is 0 Å². The van der Waals surface area contributed by atoms with E-state index in [4.69, 9.17) is 4.74 Å². The first kappa shape index (κ1) is 19.0. The fraction of sp³-hybridized carbons (Fsp3) is 0.450. The maximum Gasteiger partial charge on any atom is 0.142 e. The van der Waals surface area contributed by atoms with E-state index in [0.717, 1.165) is 42.0 Å². The molecule has 3 nitrogen and oxygen atoms in total. The van der Waals surface area contributed by atoms with Crippen molar-refractivity contribution >= 4 is 11.4 Å². The minimum Gasteiger partial charge on any atom is -0.495 e. The van der Waals surface area contributed by atoms with Crippen LogP contribution in [0.25, 0.3) is 0 Å². The van der Waals surface area contributed by atoms with Crippen molar-refractivity contribution in [2.45, 2.75) is 53.9 Å². The number of nitrogens with zero attached hydrogens (tertiary/aromatic N) is 1. The van der Waals surface area contributed by atoms with Crippen LogP contribution in [0.3, 0.4) is 0 Å². The van der Waals surface area contributed by atoms with E-state index in [1.165, 1.54) is 11.1 Å². The van der Waals surface area contributed by atoms with E-state index in [2.05, 4.69) is 42.9 Å². The molecule has 0 amide bonds. The SMILES string of the molecule is C=C(/N=C(C)\C(C)=C/C)Nc1cc(CC)c(CCC)cc1OC. The molecule has 126 valence electrons. The molecule has 0 aliphatic heterocycles. The predicted octanol–water partition coefficient (Wildman–Crippen LogP) is 5.52. The molecule has 0 aliphatic rings. The summed E-state index contributed by atoms with van der Waals surface area (Å²) in [6.45, 7) is 14.4. The number of aryl methyl sites for hydroxylation is 2. The average Bonchev–Trinajstić information content (AvgIpc) is 2.54. The third-order valence-corrected chi connectivity index (χ3v) is 4.01. The molecule has 0 unspecified atom stereocenters. The van der Waals surface area contributed by atoms with Gasteiger partial charge in [0.25, 0.3) is 0 Å². The number of benzene rings is 1. The zero-order valence-corrected chi connectivity index (χ0v) is 15.4. The summed E-state index contributed by atoms with van der Waals surface area (Å²) >= 11 is 0. The van der Waals surface area contributed by atoms with E-state index >= 15 is 0 Å². The Balaban J connectivity index is 3.10. The third-order valence-electron chi connectivity index (χ3n) is 4.01. The summed E-state index contributed by atoms with van der Waals surface area (Å²) in [5, 5.41) is 3.28. The molecule has 0 aliphatic carbocycles. The molecule has 0 spiro atoms. The summed E-state index contributed by atoms with van der Waals surface area (Å²) in [6, 6.07) is 4.29. The Kier molecular flexibility index (Phi) is 7.60. The molecule has 1 aromatic carbocycles. The van der Waals surface area contributed by atoms with E-state index in [-0.39, 0.29) is 0 Å². The van der Waals surface area contributed by atoms with Crippen molar-refractivity contribution in [3.8, 4) is 5.75 Å². The minimum absolute atomic E-state index is 0.618. The van der Waals surface area contributed by atoms with Crippen LogP contribution in [-0.2, 0) is 12.8 Å². The summed E-state index contributed by atoms with van der Waals surface area (Å²) < 4.78 is 5.54. The van der Waals surface area contributed by atoms with Crippen molar-refractivity contribution in [2.24, 2.45) is 4.99 Å². The molecule has 0 atom stereocenters. The summed E-state index contributed by atoms with van der Waals surface area (Å²) in [5.74, 6) is 1.45. The van der Waals surface area contributed by atoms with E-state index in [1.54, 1.807) is 7.11 Å². The van der Waals surface area contributed by atoms with E-state index < -0.39 is 0 Å². The van der Waals surface area contributed by atoms with Crippen LogP contribution in [0.5, 0.6) is 5.75 Å². The molecule has 1 rings (SSSR count). The molecule has 0 heterocycles. The predicted molar refractivity (Wildman–Crippen MR) is 102 cm³/mol. The number of hydrogen-bond acceptors (Lipinski definition) is 3. The van der Waals surface area contributed by atoms with Crippen LogP contribution in [0.1, 0.15) is 52.2 Å². The number of hydrogen-bond donors (Lipinski definition) is 1. The van der Waals surface area contributed by atoms with Crippen molar-refractivity contribution in [1.82, 2.24) is 0 Å². The summed E-state index contributed by atoms with van der Waals surface area (Å²) in [4.78, 5) is 4.52. The van der Waals surface area contributed by atoms with Gasteiger partial charge in [0.15, 0.2) is 0 Å². The van der Waals surface area contributed by atoms with Crippen LogP contribution < -0.4 is 10.1 Å². The van der Waals surface area contributed by atoms with Gasteiger partial charge in [-0.05, 0) is 62.4 Å². The van der Waals surface area contributed by atoms with Gasteiger partial charge in [0.1, 0.15) is 11.6 Å². The quantitative estimate of drug-likeness (QED) is 0.641. The first-order valence-electron chi connectivity index (χ1n) is 8.31. The second kappa shape index (κ2) is 9.19. The Bertz CT molecular complexity index is 612. The molecule has 0 radical (unpaired) electrons. The van der Waals surface area contributed by atoms with E-state index in [9.17, 15) is 0 Å². The van der Waals surface area contributed by atoms with Crippen molar-refractivity contribution in [3.63, 3.8) is 0 Å². The Morgan fingerprint density at radius 1 is 1.26 bits per heavy atom. The lowest BCUT2D eigenvalue weighted by molar-refractivity contribution is 0.416. The lowest BCUT2D eigenvalue weighted by Gasteiger charge is -2.16. The lowest BCUT2D eigenvalue weighted by Crippen LogP contribution is -2.04. The first-order chi connectivity index (χ1) is 11.0. The number of aliphatic imine (C=N–C) groups is 1. The fourth-order valence-corrected chi connectivity index (χ4v) is 2.45. The maximum atomic E-state index is 5.54. The molecular formula is C20H30N2O. The standard InChI is InChI=1S/C20H30N2O/c1-8-11-18-13-20(23-7)19(12-17(18)10-3)22-16(6)21-15(5)14(4)9-2/h9,12-13,22H,6,8,10-11H2,1-5,7H3/b14-9-,21-15-. The number of allylic oxidation sites excluding steroid dienone is 2. The van der Waals surface area contributed by atoms with Gasteiger partial charge in [-0.3, -0.25) is 0 Å². The van der Waals surface area contributed by atoms with E-state index in [0.29, 0.717) is 5.82 Å². The van der Waals surface area contributed by atoms with Crippen molar-refractivity contribution < 1.29 is 4.74 Å². The van der Waals surface area contributed by atoms with Gasteiger partial charge in [0, 0.05) is 5.71 Å².